The van der Waals surface area contributed by atoms with Gasteiger partial charge in [0.15, 0.2) is 0 Å². The maximum absolute atomic E-state index is 13.4. The van der Waals surface area contributed by atoms with Crippen molar-refractivity contribution in [3.8, 4) is 0 Å². The van der Waals surface area contributed by atoms with Crippen LogP contribution in [0, 0.1) is 0 Å². The van der Waals surface area contributed by atoms with Crippen LogP contribution in [-0.4, -0.2) is 69.6 Å². The number of carboxylic acid groups (broad SMARTS) is 1. The van der Waals surface area contributed by atoms with Crippen LogP contribution in [0.25, 0.3) is 10.9 Å². The third kappa shape index (κ3) is 8.32. The first-order chi connectivity index (χ1) is 19.1. The van der Waals surface area contributed by atoms with Crippen molar-refractivity contribution < 1.29 is 29.1 Å². The van der Waals surface area contributed by atoms with Gasteiger partial charge in [-0.3, -0.25) is 19.2 Å². The number of H-pyrrole nitrogens is 1. The predicted molar refractivity (Wildman–Crippen MR) is 151 cm³/mol. The first kappa shape index (κ1) is 30.2. The topological polar surface area (TPSA) is 209 Å². The van der Waals surface area contributed by atoms with Gasteiger partial charge in [-0.2, -0.15) is 12.6 Å². The van der Waals surface area contributed by atoms with Gasteiger partial charge in [0.05, 0.1) is 12.5 Å². The van der Waals surface area contributed by atoms with Gasteiger partial charge < -0.3 is 37.5 Å². The summed E-state index contributed by atoms with van der Waals surface area (Å²) >= 11 is 3.96. The molecule has 12 nitrogen and oxygen atoms in total. The molecule has 0 aliphatic rings. The summed E-state index contributed by atoms with van der Waals surface area (Å²) in [5.74, 6) is -4.50. The summed E-state index contributed by atoms with van der Waals surface area (Å²) in [6.45, 7) is 0. The number of aliphatic carboxylic acids is 1. The summed E-state index contributed by atoms with van der Waals surface area (Å²) in [6, 6.07) is 11.1. The highest BCUT2D eigenvalue weighted by Gasteiger charge is 2.31. The molecule has 1 aromatic heterocycles. The van der Waals surface area contributed by atoms with Crippen LogP contribution >= 0.6 is 12.6 Å². The fourth-order valence-corrected chi connectivity index (χ4v) is 4.26. The first-order valence-electron chi connectivity index (χ1n) is 12.5. The van der Waals surface area contributed by atoms with Crippen molar-refractivity contribution >= 4 is 53.1 Å². The van der Waals surface area contributed by atoms with Crippen LogP contribution in [-0.2, 0) is 36.8 Å². The molecule has 0 saturated heterocycles. The van der Waals surface area contributed by atoms with E-state index in [1.807, 2.05) is 24.3 Å². The highest BCUT2D eigenvalue weighted by molar-refractivity contribution is 7.80. The average Bonchev–Trinajstić information content (AvgIpc) is 3.34. The van der Waals surface area contributed by atoms with Crippen molar-refractivity contribution in [3.05, 3.63) is 71.9 Å². The maximum Gasteiger partial charge on any atom is 0.326 e. The van der Waals surface area contributed by atoms with E-state index in [2.05, 4.69) is 33.6 Å². The van der Waals surface area contributed by atoms with E-state index >= 15 is 0 Å². The number of nitrogens with two attached hydrogens (primary N) is 2. The molecular weight excluding hydrogens is 536 g/mol. The number of rotatable bonds is 14. The molecule has 0 saturated carbocycles. The van der Waals surface area contributed by atoms with Gasteiger partial charge in [0.2, 0.25) is 23.6 Å². The van der Waals surface area contributed by atoms with E-state index in [4.69, 9.17) is 11.5 Å². The second-order valence-electron chi connectivity index (χ2n) is 9.23. The second-order valence-corrected chi connectivity index (χ2v) is 9.60. The molecule has 9 N–H and O–H groups in total. The number of carbonyl (C=O) groups is 5. The van der Waals surface area contributed by atoms with Crippen molar-refractivity contribution in [2.45, 2.75) is 43.4 Å². The lowest BCUT2D eigenvalue weighted by molar-refractivity contribution is -0.142. The molecule has 40 heavy (non-hydrogen) atoms. The molecule has 212 valence electrons. The molecule has 3 aromatic rings. The first-order valence-corrected chi connectivity index (χ1v) is 13.1. The number of primary amides is 1. The number of benzene rings is 2. The van der Waals surface area contributed by atoms with Gasteiger partial charge in [-0.25, -0.2) is 4.79 Å². The summed E-state index contributed by atoms with van der Waals surface area (Å²) in [5, 5.41) is 18.1. The van der Waals surface area contributed by atoms with Crippen LogP contribution in [0.3, 0.4) is 0 Å². The van der Waals surface area contributed by atoms with Crippen LogP contribution in [0.5, 0.6) is 0 Å². The van der Waals surface area contributed by atoms with Crippen molar-refractivity contribution in [2.24, 2.45) is 11.5 Å². The molecule has 0 fully saturated rings. The molecule has 0 aliphatic heterocycles. The van der Waals surface area contributed by atoms with Crippen molar-refractivity contribution in [3.63, 3.8) is 0 Å². The second kappa shape index (κ2) is 14.1. The highest BCUT2D eigenvalue weighted by Crippen LogP contribution is 2.19. The fraction of sp³-hybridized carbons (Fsp3) is 0.296. The molecule has 13 heteroatoms. The van der Waals surface area contributed by atoms with Crippen LogP contribution in [0.1, 0.15) is 17.5 Å². The number of para-hydroxylation sites is 1. The number of hydrogen-bond donors (Lipinski definition) is 8. The van der Waals surface area contributed by atoms with Gasteiger partial charge in [0, 0.05) is 35.7 Å². The third-order valence-electron chi connectivity index (χ3n) is 6.20. The van der Waals surface area contributed by atoms with Gasteiger partial charge in [0.25, 0.3) is 0 Å². The molecule has 0 radical (unpaired) electrons. The van der Waals surface area contributed by atoms with E-state index in [1.165, 1.54) is 0 Å². The standard InChI is InChI=1S/C27H32N6O6S/c28-18(14-40)24(35)31-21(12-23(29)34)26(37)32-20(10-15-6-2-1-3-7-15)25(36)33-22(27(38)39)11-16-13-30-19-9-5-4-8-17(16)19/h1-9,13,18,20-22,30,40H,10-12,14,28H2,(H2,29,34)(H,31,35)(H,32,37)(H,33,36)(H,38,39). The Morgan fingerprint density at radius 1 is 0.825 bits per heavy atom. The molecule has 3 rings (SSSR count). The maximum atomic E-state index is 13.4. The number of fused-ring (bicyclic) bond motifs is 1. The smallest absolute Gasteiger partial charge is 0.326 e. The van der Waals surface area contributed by atoms with Crippen LogP contribution in [0.15, 0.2) is 60.8 Å². The highest BCUT2D eigenvalue weighted by atomic mass is 32.1. The van der Waals surface area contributed by atoms with Crippen LogP contribution in [0.4, 0.5) is 0 Å². The lowest BCUT2D eigenvalue weighted by atomic mass is 10.0. The molecular formula is C27H32N6O6S. The van der Waals surface area contributed by atoms with E-state index in [1.54, 1.807) is 36.5 Å². The molecule has 0 aliphatic carbocycles. The lowest BCUT2D eigenvalue weighted by Crippen LogP contribution is -2.58. The minimum absolute atomic E-state index is 0.00519. The van der Waals surface area contributed by atoms with E-state index in [9.17, 15) is 29.1 Å². The van der Waals surface area contributed by atoms with Gasteiger partial charge >= 0.3 is 5.97 Å². The summed E-state index contributed by atoms with van der Waals surface area (Å²) in [4.78, 5) is 65.6. The molecule has 4 unspecified atom stereocenters. The number of thiol groups is 1. The van der Waals surface area contributed by atoms with Gasteiger partial charge in [0.1, 0.15) is 18.1 Å². The summed E-state index contributed by atoms with van der Waals surface area (Å²) in [6.07, 6.45) is 1.13. The quantitative estimate of drug-likeness (QED) is 0.121. The zero-order valence-corrected chi connectivity index (χ0v) is 22.4. The Morgan fingerprint density at radius 2 is 1.43 bits per heavy atom. The van der Waals surface area contributed by atoms with E-state index in [-0.39, 0.29) is 18.6 Å². The Morgan fingerprint density at radius 3 is 2.08 bits per heavy atom. The number of nitrogens with one attached hydrogen (secondary N) is 4. The zero-order valence-electron chi connectivity index (χ0n) is 21.5. The molecule has 0 bridgehead atoms. The van der Waals surface area contributed by atoms with Gasteiger partial charge in [-0.05, 0) is 17.2 Å². The summed E-state index contributed by atoms with van der Waals surface area (Å²) in [7, 11) is 0. The summed E-state index contributed by atoms with van der Waals surface area (Å²) < 4.78 is 0. The normalized spacial score (nSPS) is 13.9. The number of aromatic nitrogens is 1. The monoisotopic (exact) mass is 568 g/mol. The fourth-order valence-electron chi connectivity index (χ4n) is 4.10. The van der Waals surface area contributed by atoms with E-state index in [0.717, 1.165) is 10.9 Å². The predicted octanol–water partition coefficient (Wildman–Crippen LogP) is -0.375. The van der Waals surface area contributed by atoms with Crippen molar-refractivity contribution in [1.29, 1.82) is 0 Å². The van der Waals surface area contributed by atoms with Gasteiger partial charge in [-0.15, -0.1) is 0 Å². The molecule has 4 atom stereocenters. The lowest BCUT2D eigenvalue weighted by Gasteiger charge is -2.25. The minimum Gasteiger partial charge on any atom is -0.480 e. The summed E-state index contributed by atoms with van der Waals surface area (Å²) in [5.41, 5.74) is 13.1. The number of carboxylic acids is 1. The van der Waals surface area contributed by atoms with Gasteiger partial charge in [-0.1, -0.05) is 48.5 Å². The third-order valence-corrected chi connectivity index (χ3v) is 6.59. The van der Waals surface area contributed by atoms with Crippen molar-refractivity contribution in [2.75, 3.05) is 5.75 Å². The molecule has 1 heterocycles. The Hall–Kier alpha value is -4.36. The van der Waals surface area contributed by atoms with E-state index in [0.29, 0.717) is 11.1 Å². The largest absolute Gasteiger partial charge is 0.480 e. The Balaban J connectivity index is 1.82. The average molecular weight is 569 g/mol. The number of carbonyl (C=O) groups excluding carboxylic acids is 4. The van der Waals surface area contributed by atoms with Crippen molar-refractivity contribution in [1.82, 2.24) is 20.9 Å². The Bertz CT molecular complexity index is 1360. The number of amides is 4. The number of hydrogen-bond acceptors (Lipinski definition) is 7. The molecule has 4 amide bonds. The molecule has 2 aromatic carbocycles. The minimum atomic E-state index is -1.41. The SMILES string of the molecule is NC(=O)CC(NC(=O)C(N)CS)C(=O)NC(Cc1ccccc1)C(=O)NC(Cc1c[nH]c2ccccc12)C(=O)O. The Kier molecular flexibility index (Phi) is 10.7. The Labute approximate surface area is 235 Å². The zero-order chi connectivity index (χ0) is 29.2. The van der Waals surface area contributed by atoms with Crippen LogP contribution < -0.4 is 27.4 Å². The van der Waals surface area contributed by atoms with Crippen LogP contribution in [0.2, 0.25) is 0 Å². The van der Waals surface area contributed by atoms with E-state index < -0.39 is 60.2 Å². The number of aromatic amines is 1. The molecule has 0 spiro atoms.